The molecule has 0 bridgehead atoms. The highest BCUT2D eigenvalue weighted by Crippen LogP contribution is 2.42. The summed E-state index contributed by atoms with van der Waals surface area (Å²) in [5.74, 6) is -1.55. The monoisotopic (exact) mass is 440 g/mol. The molecule has 3 aromatic rings. The van der Waals surface area contributed by atoms with Gasteiger partial charge in [0.05, 0.1) is 11.3 Å². The van der Waals surface area contributed by atoms with Gasteiger partial charge in [-0.3, -0.25) is 19.5 Å². The lowest BCUT2D eigenvalue weighted by Gasteiger charge is -2.25. The number of unbranched alkanes of at least 4 members (excludes halogenated alkanes) is 1. The number of aromatic nitrogens is 1. The molecule has 1 N–H and O–H groups in total. The van der Waals surface area contributed by atoms with Gasteiger partial charge in [-0.2, -0.15) is 0 Å². The molecule has 168 valence electrons. The lowest BCUT2D eigenvalue weighted by atomic mass is 9.95. The van der Waals surface area contributed by atoms with Crippen molar-refractivity contribution in [1.29, 1.82) is 0 Å². The number of ketones is 1. The van der Waals surface area contributed by atoms with Gasteiger partial charge in [-0.1, -0.05) is 49.2 Å². The molecule has 1 aromatic heterocycles. The number of carbonyl (C=O) groups is 2. The third-order valence-corrected chi connectivity index (χ3v) is 6.09. The molecule has 1 fully saturated rings. The first-order chi connectivity index (χ1) is 15.9. The van der Waals surface area contributed by atoms with Crippen molar-refractivity contribution >= 4 is 23.1 Å². The Morgan fingerprint density at radius 1 is 1.03 bits per heavy atom. The van der Waals surface area contributed by atoms with Crippen LogP contribution in [0.4, 0.5) is 5.69 Å². The van der Waals surface area contributed by atoms with Crippen molar-refractivity contribution in [2.24, 2.45) is 0 Å². The smallest absolute Gasteiger partial charge is 0.300 e. The fourth-order valence-corrected chi connectivity index (χ4v) is 4.26. The predicted octanol–water partition coefficient (Wildman–Crippen LogP) is 5.67. The quantitative estimate of drug-likeness (QED) is 0.305. The average molecular weight is 441 g/mol. The van der Waals surface area contributed by atoms with E-state index in [-0.39, 0.29) is 11.3 Å². The maximum absolute atomic E-state index is 13.3. The van der Waals surface area contributed by atoms with Gasteiger partial charge in [0.1, 0.15) is 11.8 Å². The largest absolute Gasteiger partial charge is 0.507 e. The van der Waals surface area contributed by atoms with Gasteiger partial charge >= 0.3 is 0 Å². The number of pyridine rings is 1. The van der Waals surface area contributed by atoms with E-state index >= 15 is 0 Å². The molecule has 5 nitrogen and oxygen atoms in total. The first-order valence-corrected chi connectivity index (χ1v) is 11.3. The zero-order valence-electron chi connectivity index (χ0n) is 19.2. The number of amides is 1. The van der Waals surface area contributed by atoms with Gasteiger partial charge in [-0.05, 0) is 68.1 Å². The number of benzene rings is 2. The molecular formula is C28H28N2O3. The summed E-state index contributed by atoms with van der Waals surface area (Å²) in [6.07, 6.45) is 4.79. The number of aliphatic hydroxyl groups is 1. The van der Waals surface area contributed by atoms with Gasteiger partial charge in [0.25, 0.3) is 11.7 Å². The van der Waals surface area contributed by atoms with Crippen molar-refractivity contribution in [2.45, 2.75) is 46.1 Å². The van der Waals surface area contributed by atoms with Crippen LogP contribution >= 0.6 is 0 Å². The second-order valence-electron chi connectivity index (χ2n) is 8.51. The van der Waals surface area contributed by atoms with Crippen LogP contribution in [0.25, 0.3) is 5.76 Å². The lowest BCUT2D eigenvalue weighted by molar-refractivity contribution is -0.132. The van der Waals surface area contributed by atoms with E-state index < -0.39 is 17.7 Å². The van der Waals surface area contributed by atoms with Gasteiger partial charge in [-0.15, -0.1) is 0 Å². The van der Waals surface area contributed by atoms with E-state index in [9.17, 15) is 14.7 Å². The zero-order chi connectivity index (χ0) is 23.5. The van der Waals surface area contributed by atoms with E-state index in [2.05, 4.69) is 11.9 Å². The molecule has 0 aliphatic carbocycles. The molecule has 2 aromatic carbocycles. The van der Waals surface area contributed by atoms with Crippen LogP contribution in [0.1, 0.15) is 53.8 Å². The summed E-state index contributed by atoms with van der Waals surface area (Å²) in [6.45, 7) is 5.94. The van der Waals surface area contributed by atoms with Gasteiger partial charge in [0.2, 0.25) is 0 Å². The highest BCUT2D eigenvalue weighted by molar-refractivity contribution is 6.51. The minimum absolute atomic E-state index is 0.0578. The third-order valence-electron chi connectivity index (χ3n) is 6.09. The molecule has 2 heterocycles. The lowest BCUT2D eigenvalue weighted by Crippen LogP contribution is -2.29. The molecule has 1 aliphatic heterocycles. The molecule has 1 atom stereocenters. The summed E-state index contributed by atoms with van der Waals surface area (Å²) in [4.78, 5) is 32.4. The Morgan fingerprint density at radius 2 is 1.79 bits per heavy atom. The van der Waals surface area contributed by atoms with Gasteiger partial charge in [-0.25, -0.2) is 0 Å². The fraction of sp³-hybridized carbons (Fsp3) is 0.250. The molecule has 0 saturated carbocycles. The number of hydrogen-bond donors (Lipinski definition) is 1. The predicted molar refractivity (Wildman–Crippen MR) is 130 cm³/mol. The highest BCUT2D eigenvalue weighted by Gasteiger charge is 2.47. The van der Waals surface area contributed by atoms with Crippen LogP contribution in [0.3, 0.4) is 0 Å². The van der Waals surface area contributed by atoms with E-state index in [1.165, 1.54) is 10.5 Å². The Hall–Kier alpha value is -3.73. The second-order valence-corrected chi connectivity index (χ2v) is 8.51. The standard InChI is InChI=1S/C28H28N2O3/c1-4-5-8-20-12-14-21(15-13-20)30-25(23-9-6-7-16-29-23)24(27(32)28(30)33)26(31)22-17-18(2)10-11-19(22)3/h6-7,9-17,25,31H,4-5,8H2,1-3H3/b26-24+. The van der Waals surface area contributed by atoms with E-state index in [0.29, 0.717) is 16.9 Å². The Morgan fingerprint density at radius 3 is 2.45 bits per heavy atom. The van der Waals surface area contributed by atoms with Gasteiger partial charge in [0, 0.05) is 17.4 Å². The summed E-state index contributed by atoms with van der Waals surface area (Å²) in [5, 5.41) is 11.3. The van der Waals surface area contributed by atoms with Crippen LogP contribution in [0, 0.1) is 13.8 Å². The molecule has 0 spiro atoms. The normalized spacial score (nSPS) is 17.5. The van der Waals surface area contributed by atoms with E-state index in [0.717, 1.165) is 30.4 Å². The molecule has 5 heteroatoms. The SMILES string of the molecule is CCCCc1ccc(N2C(=O)C(=O)/C(=C(/O)c3cc(C)ccc3C)C2c2ccccn2)cc1. The first kappa shape index (κ1) is 22.5. The molecule has 1 aliphatic rings. The van der Waals surface area contributed by atoms with Crippen molar-refractivity contribution in [3.63, 3.8) is 0 Å². The maximum atomic E-state index is 13.3. The highest BCUT2D eigenvalue weighted by atomic mass is 16.3. The third kappa shape index (κ3) is 4.31. The van der Waals surface area contributed by atoms with Crippen LogP contribution in [-0.4, -0.2) is 21.8 Å². The van der Waals surface area contributed by atoms with Crippen molar-refractivity contribution in [1.82, 2.24) is 4.98 Å². The molecule has 0 radical (unpaired) electrons. The summed E-state index contributed by atoms with van der Waals surface area (Å²) in [6, 6.07) is 17.9. The first-order valence-electron chi connectivity index (χ1n) is 11.3. The zero-order valence-corrected chi connectivity index (χ0v) is 19.2. The number of hydrogen-bond acceptors (Lipinski definition) is 4. The molecule has 33 heavy (non-hydrogen) atoms. The van der Waals surface area contributed by atoms with Crippen LogP contribution in [0.5, 0.6) is 0 Å². The summed E-state index contributed by atoms with van der Waals surface area (Å²) < 4.78 is 0. The summed E-state index contributed by atoms with van der Waals surface area (Å²) in [5.41, 5.74) is 4.69. The second kappa shape index (κ2) is 9.41. The van der Waals surface area contributed by atoms with Crippen molar-refractivity contribution in [3.05, 3.63) is 100 Å². The van der Waals surface area contributed by atoms with Crippen LogP contribution in [0.15, 0.2) is 72.4 Å². The number of nitrogens with zero attached hydrogens (tertiary/aromatic N) is 2. The van der Waals surface area contributed by atoms with E-state index in [4.69, 9.17) is 0 Å². The molecule has 1 amide bonds. The number of Topliss-reactive ketones (excluding diaryl/α,β-unsaturated/α-hetero) is 1. The number of aliphatic hydroxyl groups excluding tert-OH is 1. The number of rotatable bonds is 6. The van der Waals surface area contributed by atoms with Gasteiger partial charge in [0.15, 0.2) is 0 Å². The Labute approximate surface area is 194 Å². The Kier molecular flexibility index (Phi) is 6.40. The number of aryl methyl sites for hydroxylation is 3. The Bertz CT molecular complexity index is 1210. The average Bonchev–Trinajstić information content (AvgIpc) is 3.10. The molecule has 4 rings (SSSR count). The van der Waals surface area contributed by atoms with Crippen molar-refractivity contribution < 1.29 is 14.7 Å². The molecular weight excluding hydrogens is 412 g/mol. The topological polar surface area (TPSA) is 70.5 Å². The van der Waals surface area contributed by atoms with Crippen molar-refractivity contribution in [3.8, 4) is 0 Å². The van der Waals surface area contributed by atoms with Crippen molar-refractivity contribution in [2.75, 3.05) is 4.90 Å². The van der Waals surface area contributed by atoms with Gasteiger partial charge < -0.3 is 5.11 Å². The van der Waals surface area contributed by atoms with Crippen LogP contribution in [0.2, 0.25) is 0 Å². The number of carbonyl (C=O) groups excluding carboxylic acids is 2. The fourth-order valence-electron chi connectivity index (χ4n) is 4.26. The Balaban J connectivity index is 1.87. The maximum Gasteiger partial charge on any atom is 0.300 e. The van der Waals surface area contributed by atoms with Crippen LogP contribution < -0.4 is 4.90 Å². The summed E-state index contributed by atoms with van der Waals surface area (Å²) in [7, 11) is 0. The molecule has 1 unspecified atom stereocenters. The molecule has 1 saturated heterocycles. The minimum Gasteiger partial charge on any atom is -0.507 e. The summed E-state index contributed by atoms with van der Waals surface area (Å²) >= 11 is 0. The van der Waals surface area contributed by atoms with E-state index in [1.807, 2.05) is 62.4 Å². The number of anilines is 1. The van der Waals surface area contributed by atoms with E-state index in [1.54, 1.807) is 18.3 Å². The minimum atomic E-state index is -0.812. The van der Waals surface area contributed by atoms with Crippen LogP contribution in [-0.2, 0) is 16.0 Å².